The minimum Gasteiger partial charge on any atom is -0.490 e. The molecule has 6 nitrogen and oxygen atoms in total. The van der Waals surface area contributed by atoms with Gasteiger partial charge in [0.25, 0.3) is 5.91 Å². The molecule has 1 aliphatic carbocycles. The van der Waals surface area contributed by atoms with E-state index in [2.05, 4.69) is 10.6 Å². The average molecular weight is 348 g/mol. The molecule has 0 bridgehead atoms. The Hall–Kier alpha value is -2.08. The molecule has 138 valence electrons. The largest absolute Gasteiger partial charge is 0.490 e. The smallest absolute Gasteiger partial charge is 0.255 e. The Bertz CT molecular complexity index is 556. The molecule has 0 unspecified atom stereocenters. The van der Waals surface area contributed by atoms with Gasteiger partial charge < -0.3 is 20.1 Å². The molecule has 0 saturated heterocycles. The Balaban J connectivity index is 1.70. The number of rotatable bonds is 10. The summed E-state index contributed by atoms with van der Waals surface area (Å²) in [6.07, 6.45) is 5.39. The van der Waals surface area contributed by atoms with Gasteiger partial charge in [-0.1, -0.05) is 25.0 Å². The number of nitrogens with one attached hydrogen (secondary N) is 2. The van der Waals surface area contributed by atoms with Gasteiger partial charge in [-0.05, 0) is 30.9 Å². The van der Waals surface area contributed by atoms with Crippen LogP contribution in [0.4, 0.5) is 0 Å². The van der Waals surface area contributed by atoms with Crippen molar-refractivity contribution in [2.75, 3.05) is 33.4 Å². The molecule has 2 amide bonds. The number of hydrogen-bond donors (Lipinski definition) is 2. The predicted octanol–water partition coefficient (Wildman–Crippen LogP) is 2.14. The standard InChI is InChI=1S/C19H28N2O4/c1-24-12-13-25-17-9-5-4-8-16(17)19(23)21-11-10-20-18(22)14-15-6-2-3-7-15/h4-5,8-9,15H,2-3,6-7,10-14H2,1H3,(H,20,22)(H,21,23). The zero-order chi connectivity index (χ0) is 17.9. The van der Waals surface area contributed by atoms with Crippen molar-refractivity contribution in [2.24, 2.45) is 5.92 Å². The highest BCUT2D eigenvalue weighted by atomic mass is 16.5. The lowest BCUT2D eigenvalue weighted by atomic mass is 10.0. The molecule has 1 aromatic rings. The lowest BCUT2D eigenvalue weighted by Crippen LogP contribution is -2.35. The van der Waals surface area contributed by atoms with E-state index in [1.165, 1.54) is 12.8 Å². The summed E-state index contributed by atoms with van der Waals surface area (Å²) in [6.45, 7) is 1.67. The van der Waals surface area contributed by atoms with E-state index in [-0.39, 0.29) is 11.8 Å². The van der Waals surface area contributed by atoms with Crippen LogP contribution in [0.25, 0.3) is 0 Å². The van der Waals surface area contributed by atoms with E-state index in [4.69, 9.17) is 9.47 Å². The molecule has 0 heterocycles. The van der Waals surface area contributed by atoms with Gasteiger partial charge in [0.15, 0.2) is 0 Å². The molecule has 0 aromatic heterocycles. The molecular formula is C19H28N2O4. The Morgan fingerprint density at radius 1 is 1.08 bits per heavy atom. The summed E-state index contributed by atoms with van der Waals surface area (Å²) in [5.74, 6) is 0.926. The number of amides is 2. The fraction of sp³-hybridized carbons (Fsp3) is 0.579. The third kappa shape index (κ3) is 6.74. The van der Waals surface area contributed by atoms with Gasteiger partial charge in [-0.3, -0.25) is 9.59 Å². The quantitative estimate of drug-likeness (QED) is 0.635. The Labute approximate surface area is 149 Å². The summed E-state index contributed by atoms with van der Waals surface area (Å²) < 4.78 is 10.5. The first-order chi connectivity index (χ1) is 12.2. The summed E-state index contributed by atoms with van der Waals surface area (Å²) >= 11 is 0. The average Bonchev–Trinajstić information content (AvgIpc) is 3.12. The van der Waals surface area contributed by atoms with Crippen LogP contribution in [0.3, 0.4) is 0 Å². The first-order valence-corrected chi connectivity index (χ1v) is 8.96. The minimum atomic E-state index is -0.210. The molecule has 1 aliphatic rings. The van der Waals surface area contributed by atoms with Crippen LogP contribution < -0.4 is 15.4 Å². The molecule has 2 N–H and O–H groups in total. The highest BCUT2D eigenvalue weighted by Gasteiger charge is 2.18. The molecule has 1 saturated carbocycles. The predicted molar refractivity (Wildman–Crippen MR) is 95.7 cm³/mol. The van der Waals surface area contributed by atoms with Crippen molar-refractivity contribution >= 4 is 11.8 Å². The van der Waals surface area contributed by atoms with Gasteiger partial charge in [-0.25, -0.2) is 0 Å². The van der Waals surface area contributed by atoms with Gasteiger partial charge in [0, 0.05) is 26.6 Å². The van der Waals surface area contributed by atoms with E-state index in [1.54, 1.807) is 25.3 Å². The SMILES string of the molecule is COCCOc1ccccc1C(=O)NCCNC(=O)CC1CCCC1. The molecule has 25 heavy (non-hydrogen) atoms. The van der Waals surface area contributed by atoms with Crippen molar-refractivity contribution in [3.63, 3.8) is 0 Å². The van der Waals surface area contributed by atoms with Crippen LogP contribution in [-0.2, 0) is 9.53 Å². The Morgan fingerprint density at radius 3 is 2.56 bits per heavy atom. The molecular weight excluding hydrogens is 320 g/mol. The number of hydrogen-bond acceptors (Lipinski definition) is 4. The maximum absolute atomic E-state index is 12.3. The lowest BCUT2D eigenvalue weighted by molar-refractivity contribution is -0.121. The zero-order valence-electron chi connectivity index (χ0n) is 14.9. The summed E-state index contributed by atoms with van der Waals surface area (Å²) in [5, 5.41) is 5.69. The van der Waals surface area contributed by atoms with Crippen LogP contribution in [0, 0.1) is 5.92 Å². The van der Waals surface area contributed by atoms with Crippen molar-refractivity contribution in [2.45, 2.75) is 32.1 Å². The third-order valence-corrected chi connectivity index (χ3v) is 4.36. The second-order valence-electron chi connectivity index (χ2n) is 6.30. The molecule has 0 atom stereocenters. The first kappa shape index (κ1) is 19.2. The van der Waals surface area contributed by atoms with Crippen LogP contribution >= 0.6 is 0 Å². The van der Waals surface area contributed by atoms with E-state index in [0.717, 1.165) is 12.8 Å². The van der Waals surface area contributed by atoms with Gasteiger partial charge >= 0.3 is 0 Å². The Kier molecular flexibility index (Phi) is 8.25. The monoisotopic (exact) mass is 348 g/mol. The number of ether oxygens (including phenoxy) is 2. The van der Waals surface area contributed by atoms with E-state index < -0.39 is 0 Å². The van der Waals surface area contributed by atoms with Crippen LogP contribution in [0.5, 0.6) is 5.75 Å². The number of methoxy groups -OCH3 is 1. The third-order valence-electron chi connectivity index (χ3n) is 4.36. The fourth-order valence-corrected chi connectivity index (χ4v) is 3.04. The summed E-state index contributed by atoms with van der Waals surface area (Å²) in [6, 6.07) is 7.09. The van der Waals surface area contributed by atoms with Crippen LogP contribution in [-0.4, -0.2) is 45.2 Å². The minimum absolute atomic E-state index is 0.0736. The molecule has 0 spiro atoms. The lowest BCUT2D eigenvalue weighted by Gasteiger charge is -2.12. The normalized spacial score (nSPS) is 14.3. The van der Waals surface area contributed by atoms with Gasteiger partial charge in [-0.15, -0.1) is 0 Å². The number of carbonyl (C=O) groups is 2. The first-order valence-electron chi connectivity index (χ1n) is 8.96. The van der Waals surface area contributed by atoms with Crippen molar-refractivity contribution in [3.05, 3.63) is 29.8 Å². The van der Waals surface area contributed by atoms with Gasteiger partial charge in [0.05, 0.1) is 12.2 Å². The number of carbonyl (C=O) groups excluding carboxylic acids is 2. The van der Waals surface area contributed by atoms with E-state index >= 15 is 0 Å². The van der Waals surface area contributed by atoms with Gasteiger partial charge in [-0.2, -0.15) is 0 Å². The van der Waals surface area contributed by atoms with Crippen LogP contribution in [0.15, 0.2) is 24.3 Å². The molecule has 1 aromatic carbocycles. The Morgan fingerprint density at radius 2 is 1.80 bits per heavy atom. The van der Waals surface area contributed by atoms with E-state index in [9.17, 15) is 9.59 Å². The van der Waals surface area contributed by atoms with E-state index in [1.807, 2.05) is 6.07 Å². The molecule has 1 fully saturated rings. The summed E-state index contributed by atoms with van der Waals surface area (Å²) in [7, 11) is 1.60. The molecule has 0 aliphatic heterocycles. The van der Waals surface area contributed by atoms with Gasteiger partial charge in [0.1, 0.15) is 12.4 Å². The van der Waals surface area contributed by atoms with Crippen molar-refractivity contribution in [3.8, 4) is 5.75 Å². The van der Waals surface area contributed by atoms with Crippen LogP contribution in [0.2, 0.25) is 0 Å². The van der Waals surface area contributed by atoms with Gasteiger partial charge in [0.2, 0.25) is 5.91 Å². The number of benzene rings is 1. The molecule has 0 radical (unpaired) electrons. The second kappa shape index (κ2) is 10.7. The second-order valence-corrected chi connectivity index (χ2v) is 6.30. The maximum atomic E-state index is 12.3. The topological polar surface area (TPSA) is 76.7 Å². The summed E-state index contributed by atoms with van der Waals surface area (Å²) in [5.41, 5.74) is 0.482. The van der Waals surface area contributed by atoms with E-state index in [0.29, 0.717) is 50.0 Å². The maximum Gasteiger partial charge on any atom is 0.255 e. The van der Waals surface area contributed by atoms with Crippen molar-refractivity contribution in [1.82, 2.24) is 10.6 Å². The summed E-state index contributed by atoms with van der Waals surface area (Å²) in [4.78, 5) is 24.1. The molecule has 2 rings (SSSR count). The highest BCUT2D eigenvalue weighted by molar-refractivity contribution is 5.96. The van der Waals surface area contributed by atoms with Crippen molar-refractivity contribution in [1.29, 1.82) is 0 Å². The van der Waals surface area contributed by atoms with Crippen molar-refractivity contribution < 1.29 is 19.1 Å². The fourth-order valence-electron chi connectivity index (χ4n) is 3.04. The highest BCUT2D eigenvalue weighted by Crippen LogP contribution is 2.27. The zero-order valence-corrected chi connectivity index (χ0v) is 14.9. The van der Waals surface area contributed by atoms with Crippen LogP contribution in [0.1, 0.15) is 42.5 Å². The number of para-hydroxylation sites is 1. The molecule has 6 heteroatoms.